The number of likely N-dealkylation sites (tertiary alicyclic amines) is 1. The minimum absolute atomic E-state index is 0.133. The van der Waals surface area contributed by atoms with Crippen LogP contribution >= 0.6 is 0 Å². The Bertz CT molecular complexity index is 236. The van der Waals surface area contributed by atoms with Crippen molar-refractivity contribution in [1.29, 1.82) is 0 Å². The van der Waals surface area contributed by atoms with Gasteiger partial charge in [-0.25, -0.2) is 0 Å². The number of nitrogens with zero attached hydrogens (tertiary/aromatic N) is 1. The average molecular weight is 211 g/mol. The van der Waals surface area contributed by atoms with Crippen LogP contribution in [0, 0.1) is 17.8 Å². The monoisotopic (exact) mass is 211 g/mol. The molecule has 86 valence electrons. The van der Waals surface area contributed by atoms with Gasteiger partial charge in [-0.3, -0.25) is 4.79 Å². The number of aliphatic carboxylic acids is 1. The highest BCUT2D eigenvalue weighted by molar-refractivity contribution is 5.71. The van der Waals surface area contributed by atoms with Crippen molar-refractivity contribution in [3.05, 3.63) is 0 Å². The third-order valence-corrected chi connectivity index (χ3v) is 4.00. The van der Waals surface area contributed by atoms with Gasteiger partial charge in [-0.2, -0.15) is 0 Å². The normalized spacial score (nSPS) is 33.7. The Hall–Kier alpha value is -0.570. The molecule has 0 amide bonds. The molecule has 0 bridgehead atoms. The second kappa shape index (κ2) is 4.52. The number of carboxylic acids is 1. The van der Waals surface area contributed by atoms with Crippen molar-refractivity contribution in [2.45, 2.75) is 32.6 Å². The van der Waals surface area contributed by atoms with Crippen molar-refractivity contribution >= 4 is 5.97 Å². The van der Waals surface area contributed by atoms with Gasteiger partial charge in [0.2, 0.25) is 0 Å². The zero-order chi connectivity index (χ0) is 10.8. The van der Waals surface area contributed by atoms with Gasteiger partial charge in [0.15, 0.2) is 0 Å². The van der Waals surface area contributed by atoms with Crippen LogP contribution in [0.1, 0.15) is 32.6 Å². The molecule has 1 saturated carbocycles. The van der Waals surface area contributed by atoms with Crippen LogP contribution in [-0.2, 0) is 4.79 Å². The van der Waals surface area contributed by atoms with Gasteiger partial charge in [-0.05, 0) is 24.7 Å². The van der Waals surface area contributed by atoms with Gasteiger partial charge >= 0.3 is 5.97 Å². The maximum atomic E-state index is 11.0. The minimum atomic E-state index is -0.614. The molecule has 1 N–H and O–H groups in total. The van der Waals surface area contributed by atoms with Crippen LogP contribution in [0.25, 0.3) is 0 Å². The largest absolute Gasteiger partial charge is 0.481 e. The van der Waals surface area contributed by atoms with Crippen molar-refractivity contribution < 1.29 is 9.90 Å². The molecule has 2 atom stereocenters. The van der Waals surface area contributed by atoms with Crippen LogP contribution in [0.5, 0.6) is 0 Å². The minimum Gasteiger partial charge on any atom is -0.481 e. The molecular weight excluding hydrogens is 190 g/mol. The van der Waals surface area contributed by atoms with Gasteiger partial charge in [0.05, 0.1) is 5.92 Å². The summed E-state index contributed by atoms with van der Waals surface area (Å²) in [6, 6.07) is 0. The summed E-state index contributed by atoms with van der Waals surface area (Å²) in [6.07, 6.45) is 5.44. The van der Waals surface area contributed by atoms with Crippen molar-refractivity contribution in [2.75, 3.05) is 19.6 Å². The third kappa shape index (κ3) is 2.51. The lowest BCUT2D eigenvalue weighted by Gasteiger charge is -2.19. The summed E-state index contributed by atoms with van der Waals surface area (Å²) >= 11 is 0. The average Bonchev–Trinajstić information content (AvgIpc) is 2.75. The molecule has 2 unspecified atom stereocenters. The van der Waals surface area contributed by atoms with E-state index in [1.807, 2.05) is 0 Å². The lowest BCUT2D eigenvalue weighted by Crippen LogP contribution is -2.27. The Morgan fingerprint density at radius 2 is 2.00 bits per heavy atom. The van der Waals surface area contributed by atoms with E-state index < -0.39 is 5.97 Å². The van der Waals surface area contributed by atoms with Crippen molar-refractivity contribution in [2.24, 2.45) is 17.8 Å². The Kier molecular flexibility index (Phi) is 3.29. The van der Waals surface area contributed by atoms with Crippen molar-refractivity contribution in [3.8, 4) is 0 Å². The fraction of sp³-hybridized carbons (Fsp3) is 0.917. The van der Waals surface area contributed by atoms with Crippen LogP contribution in [0.3, 0.4) is 0 Å². The molecule has 15 heavy (non-hydrogen) atoms. The van der Waals surface area contributed by atoms with Gasteiger partial charge in [-0.15, -0.1) is 0 Å². The topological polar surface area (TPSA) is 40.5 Å². The van der Waals surface area contributed by atoms with E-state index in [0.717, 1.165) is 25.6 Å². The van der Waals surface area contributed by atoms with E-state index in [2.05, 4.69) is 11.8 Å². The first-order valence-corrected chi connectivity index (χ1v) is 6.12. The van der Waals surface area contributed by atoms with Crippen molar-refractivity contribution in [1.82, 2.24) is 4.90 Å². The molecular formula is C12H21NO2. The molecule has 0 aromatic rings. The summed E-state index contributed by atoms with van der Waals surface area (Å²) in [6.45, 7) is 4.95. The van der Waals surface area contributed by atoms with E-state index in [-0.39, 0.29) is 5.92 Å². The maximum Gasteiger partial charge on any atom is 0.308 e. The fourth-order valence-corrected chi connectivity index (χ4v) is 3.10. The smallest absolute Gasteiger partial charge is 0.308 e. The first kappa shape index (κ1) is 10.9. The SMILES string of the molecule is CC1CN(CC2CCCC2)CC1C(=O)O. The molecule has 0 aromatic heterocycles. The zero-order valence-electron chi connectivity index (χ0n) is 9.48. The molecule has 1 aliphatic carbocycles. The zero-order valence-corrected chi connectivity index (χ0v) is 9.48. The maximum absolute atomic E-state index is 11.0. The van der Waals surface area contributed by atoms with Gasteiger partial charge < -0.3 is 10.0 Å². The van der Waals surface area contributed by atoms with Crippen molar-refractivity contribution in [3.63, 3.8) is 0 Å². The lowest BCUT2D eigenvalue weighted by atomic mass is 9.99. The van der Waals surface area contributed by atoms with Gasteiger partial charge in [-0.1, -0.05) is 19.8 Å². The Morgan fingerprint density at radius 1 is 1.33 bits per heavy atom. The molecule has 0 aromatic carbocycles. The van der Waals surface area contributed by atoms with Crippen LogP contribution in [0.4, 0.5) is 0 Å². The summed E-state index contributed by atoms with van der Waals surface area (Å²) in [7, 11) is 0. The van der Waals surface area contributed by atoms with E-state index in [9.17, 15) is 4.79 Å². The van der Waals surface area contributed by atoms with Crippen LogP contribution < -0.4 is 0 Å². The molecule has 2 fully saturated rings. The second-order valence-electron chi connectivity index (χ2n) is 5.29. The Balaban J connectivity index is 1.82. The van der Waals surface area contributed by atoms with Crippen LogP contribution in [0.2, 0.25) is 0 Å². The van der Waals surface area contributed by atoms with Gasteiger partial charge in [0.1, 0.15) is 0 Å². The van der Waals surface area contributed by atoms with E-state index >= 15 is 0 Å². The molecule has 3 heteroatoms. The first-order chi connectivity index (χ1) is 7.16. The molecule has 1 saturated heterocycles. The number of carbonyl (C=O) groups is 1. The molecule has 2 rings (SSSR count). The molecule has 1 heterocycles. The molecule has 1 aliphatic heterocycles. The highest BCUT2D eigenvalue weighted by atomic mass is 16.4. The fourth-order valence-electron chi connectivity index (χ4n) is 3.10. The summed E-state index contributed by atoms with van der Waals surface area (Å²) < 4.78 is 0. The summed E-state index contributed by atoms with van der Waals surface area (Å²) in [5, 5.41) is 9.04. The molecule has 0 radical (unpaired) electrons. The molecule has 0 spiro atoms. The summed E-state index contributed by atoms with van der Waals surface area (Å²) in [5.41, 5.74) is 0. The Labute approximate surface area is 91.5 Å². The van der Waals surface area contributed by atoms with Crippen LogP contribution in [0.15, 0.2) is 0 Å². The van der Waals surface area contributed by atoms with E-state index in [0.29, 0.717) is 5.92 Å². The summed E-state index contributed by atoms with van der Waals surface area (Å²) in [4.78, 5) is 13.3. The highest BCUT2D eigenvalue weighted by Crippen LogP contribution is 2.29. The third-order valence-electron chi connectivity index (χ3n) is 4.00. The highest BCUT2D eigenvalue weighted by Gasteiger charge is 2.35. The quantitative estimate of drug-likeness (QED) is 0.774. The second-order valence-corrected chi connectivity index (χ2v) is 5.29. The van der Waals surface area contributed by atoms with Gasteiger partial charge in [0.25, 0.3) is 0 Å². The van der Waals surface area contributed by atoms with E-state index in [4.69, 9.17) is 5.11 Å². The number of hydrogen-bond acceptors (Lipinski definition) is 2. The molecule has 3 nitrogen and oxygen atoms in total. The first-order valence-electron chi connectivity index (χ1n) is 6.12. The van der Waals surface area contributed by atoms with Crippen LogP contribution in [-0.4, -0.2) is 35.6 Å². The Morgan fingerprint density at radius 3 is 2.53 bits per heavy atom. The number of carboxylic acid groups (broad SMARTS) is 1. The standard InChI is InChI=1S/C12H21NO2/c1-9-6-13(8-11(9)12(14)15)7-10-4-2-3-5-10/h9-11H,2-8H2,1H3,(H,14,15). The lowest BCUT2D eigenvalue weighted by molar-refractivity contribution is -0.142. The van der Waals surface area contributed by atoms with E-state index in [1.165, 1.54) is 25.7 Å². The van der Waals surface area contributed by atoms with Gasteiger partial charge in [0, 0.05) is 19.6 Å². The number of hydrogen-bond donors (Lipinski definition) is 1. The molecule has 2 aliphatic rings. The number of rotatable bonds is 3. The summed E-state index contributed by atoms with van der Waals surface area (Å²) in [5.74, 6) is 0.413. The predicted octanol–water partition coefficient (Wildman–Crippen LogP) is 1.83. The van der Waals surface area contributed by atoms with E-state index in [1.54, 1.807) is 0 Å². The predicted molar refractivity (Wildman–Crippen MR) is 58.7 cm³/mol.